The Morgan fingerprint density at radius 3 is 2.41 bits per heavy atom. The molecule has 156 valence electrons. The topological polar surface area (TPSA) is 66.5 Å². The molecule has 6 heteroatoms. The molecule has 0 atom stereocenters. The zero-order valence-corrected chi connectivity index (χ0v) is 18.0. The van der Waals surface area contributed by atoms with Crippen molar-refractivity contribution in [2.45, 2.75) is 56.4 Å². The Hall–Kier alpha value is -2.18. The van der Waals surface area contributed by atoms with E-state index in [0.29, 0.717) is 12.5 Å². The van der Waals surface area contributed by atoms with Crippen LogP contribution < -0.4 is 5.32 Å². The minimum Gasteiger partial charge on any atom is -0.351 e. The number of carbonyl (C=O) groups excluding carboxylic acids is 1. The minimum atomic E-state index is -3.69. The Kier molecular flexibility index (Phi) is 7.09. The number of hydrogen-bond acceptors (Lipinski definition) is 3. The molecule has 1 aliphatic carbocycles. The van der Waals surface area contributed by atoms with Crippen molar-refractivity contribution in [1.29, 1.82) is 0 Å². The number of aryl methyl sites for hydroxylation is 1. The van der Waals surface area contributed by atoms with Crippen molar-refractivity contribution >= 4 is 15.9 Å². The van der Waals surface area contributed by atoms with Gasteiger partial charge in [0.2, 0.25) is 15.9 Å². The van der Waals surface area contributed by atoms with Gasteiger partial charge in [0.25, 0.3) is 0 Å². The number of sulfonamides is 1. The van der Waals surface area contributed by atoms with Crippen LogP contribution in [0.5, 0.6) is 0 Å². The Bertz CT molecular complexity index is 933. The number of rotatable bonds is 7. The Balaban J connectivity index is 1.52. The number of amides is 1. The van der Waals surface area contributed by atoms with E-state index in [9.17, 15) is 13.2 Å². The first-order chi connectivity index (χ1) is 13.9. The zero-order valence-electron chi connectivity index (χ0n) is 17.2. The monoisotopic (exact) mass is 414 g/mol. The van der Waals surface area contributed by atoms with Crippen molar-refractivity contribution in [2.75, 3.05) is 13.6 Å². The highest BCUT2D eigenvalue weighted by Crippen LogP contribution is 2.32. The van der Waals surface area contributed by atoms with Crippen LogP contribution in [-0.4, -0.2) is 32.2 Å². The van der Waals surface area contributed by atoms with Crippen molar-refractivity contribution in [1.82, 2.24) is 9.62 Å². The van der Waals surface area contributed by atoms with Crippen LogP contribution in [0.3, 0.4) is 0 Å². The molecule has 0 heterocycles. The predicted octanol–water partition coefficient (Wildman–Crippen LogP) is 3.98. The second-order valence-electron chi connectivity index (χ2n) is 7.93. The average Bonchev–Trinajstić information content (AvgIpc) is 2.73. The molecule has 0 spiro atoms. The average molecular weight is 415 g/mol. The van der Waals surface area contributed by atoms with Gasteiger partial charge in [-0.1, -0.05) is 55.7 Å². The van der Waals surface area contributed by atoms with E-state index in [4.69, 9.17) is 0 Å². The first-order valence-electron chi connectivity index (χ1n) is 10.2. The van der Waals surface area contributed by atoms with Gasteiger partial charge in [0, 0.05) is 13.6 Å². The first-order valence-corrected chi connectivity index (χ1v) is 11.7. The fraction of sp³-hybridized carbons (Fsp3) is 0.435. The van der Waals surface area contributed by atoms with E-state index in [1.807, 2.05) is 13.0 Å². The molecule has 0 aliphatic heterocycles. The molecule has 0 aromatic heterocycles. The molecule has 0 radical (unpaired) electrons. The van der Waals surface area contributed by atoms with Crippen LogP contribution in [0.1, 0.15) is 54.7 Å². The van der Waals surface area contributed by atoms with E-state index in [2.05, 4.69) is 29.6 Å². The normalized spacial score (nSPS) is 15.4. The third kappa shape index (κ3) is 5.67. The summed E-state index contributed by atoms with van der Waals surface area (Å²) in [6, 6.07) is 15.1. The third-order valence-corrected chi connectivity index (χ3v) is 7.41. The van der Waals surface area contributed by atoms with Crippen molar-refractivity contribution in [3.05, 3.63) is 65.2 Å². The lowest BCUT2D eigenvalue weighted by atomic mass is 9.84. The summed E-state index contributed by atoms with van der Waals surface area (Å²) in [5, 5.41) is 2.82. The fourth-order valence-corrected chi connectivity index (χ4v) is 5.08. The second kappa shape index (κ2) is 9.55. The molecule has 2 aromatic rings. The smallest absolute Gasteiger partial charge is 0.243 e. The SMILES string of the molecule is Cc1cccc(S(=O)(=O)N(C)CC(=O)NCc2ccc(C3CCCCC3)cc2)c1. The Morgan fingerprint density at radius 1 is 1.07 bits per heavy atom. The van der Waals surface area contributed by atoms with Gasteiger partial charge in [-0.2, -0.15) is 4.31 Å². The maximum Gasteiger partial charge on any atom is 0.243 e. The van der Waals surface area contributed by atoms with Gasteiger partial charge in [-0.3, -0.25) is 4.79 Å². The molecule has 1 saturated carbocycles. The molecule has 1 N–H and O–H groups in total. The number of nitrogens with zero attached hydrogens (tertiary/aromatic N) is 1. The van der Waals surface area contributed by atoms with E-state index < -0.39 is 10.0 Å². The summed E-state index contributed by atoms with van der Waals surface area (Å²) in [5.41, 5.74) is 3.26. The highest BCUT2D eigenvalue weighted by atomic mass is 32.2. The summed E-state index contributed by atoms with van der Waals surface area (Å²) in [7, 11) is -2.26. The summed E-state index contributed by atoms with van der Waals surface area (Å²) in [5.74, 6) is 0.341. The van der Waals surface area contributed by atoms with Crippen molar-refractivity contribution in [3.63, 3.8) is 0 Å². The molecule has 1 aliphatic rings. The van der Waals surface area contributed by atoms with Gasteiger partial charge in [-0.05, 0) is 54.5 Å². The van der Waals surface area contributed by atoms with Gasteiger partial charge < -0.3 is 5.32 Å². The number of nitrogens with one attached hydrogen (secondary N) is 1. The summed E-state index contributed by atoms with van der Waals surface area (Å²) in [4.78, 5) is 12.5. The second-order valence-corrected chi connectivity index (χ2v) is 9.98. The zero-order chi connectivity index (χ0) is 20.9. The van der Waals surface area contributed by atoms with Crippen LogP contribution in [0.25, 0.3) is 0 Å². The maximum atomic E-state index is 12.6. The van der Waals surface area contributed by atoms with Crippen molar-refractivity contribution in [2.24, 2.45) is 0 Å². The van der Waals surface area contributed by atoms with Crippen LogP contribution in [-0.2, 0) is 21.4 Å². The molecule has 1 fully saturated rings. The van der Waals surface area contributed by atoms with Gasteiger partial charge in [0.05, 0.1) is 11.4 Å². The summed E-state index contributed by atoms with van der Waals surface area (Å²) < 4.78 is 26.3. The molecule has 3 rings (SSSR count). The molecule has 1 amide bonds. The largest absolute Gasteiger partial charge is 0.351 e. The molecular weight excluding hydrogens is 384 g/mol. The Morgan fingerprint density at radius 2 is 1.76 bits per heavy atom. The first kappa shape index (κ1) is 21.5. The van der Waals surface area contributed by atoms with Crippen molar-refractivity contribution < 1.29 is 13.2 Å². The number of hydrogen-bond donors (Lipinski definition) is 1. The number of benzene rings is 2. The molecule has 2 aromatic carbocycles. The van der Waals surface area contributed by atoms with Crippen LogP contribution >= 0.6 is 0 Å². The van der Waals surface area contributed by atoms with E-state index in [-0.39, 0.29) is 17.3 Å². The van der Waals surface area contributed by atoms with Crippen LogP contribution in [0, 0.1) is 6.92 Å². The lowest BCUT2D eigenvalue weighted by Gasteiger charge is -2.22. The highest BCUT2D eigenvalue weighted by molar-refractivity contribution is 7.89. The lowest BCUT2D eigenvalue weighted by molar-refractivity contribution is -0.121. The predicted molar refractivity (Wildman–Crippen MR) is 115 cm³/mol. The molecular formula is C23H30N2O3S. The molecule has 0 unspecified atom stereocenters. The molecule has 5 nitrogen and oxygen atoms in total. The van der Waals surface area contributed by atoms with E-state index in [1.165, 1.54) is 44.7 Å². The minimum absolute atomic E-state index is 0.200. The third-order valence-electron chi connectivity index (χ3n) is 5.61. The van der Waals surface area contributed by atoms with Gasteiger partial charge in [-0.15, -0.1) is 0 Å². The lowest BCUT2D eigenvalue weighted by Crippen LogP contribution is -2.38. The van der Waals surface area contributed by atoms with E-state index in [0.717, 1.165) is 15.4 Å². The fourth-order valence-electron chi connectivity index (χ4n) is 3.84. The molecule has 29 heavy (non-hydrogen) atoms. The Labute approximate surface area is 174 Å². The van der Waals surface area contributed by atoms with Gasteiger partial charge in [-0.25, -0.2) is 8.42 Å². The molecule has 0 bridgehead atoms. The van der Waals surface area contributed by atoms with Crippen LogP contribution in [0.15, 0.2) is 53.4 Å². The standard InChI is InChI=1S/C23H30N2O3S/c1-18-7-6-10-22(15-18)29(27,28)25(2)17-23(26)24-16-19-11-13-21(14-12-19)20-8-4-3-5-9-20/h6-7,10-15,20H,3-5,8-9,16-17H2,1-2H3,(H,24,26). The van der Waals surface area contributed by atoms with Gasteiger partial charge in [0.1, 0.15) is 0 Å². The quantitative estimate of drug-likeness (QED) is 0.745. The highest BCUT2D eigenvalue weighted by Gasteiger charge is 2.23. The summed E-state index contributed by atoms with van der Waals surface area (Å²) >= 11 is 0. The number of carbonyl (C=O) groups is 1. The van der Waals surface area contributed by atoms with E-state index in [1.54, 1.807) is 18.2 Å². The maximum absolute atomic E-state index is 12.6. The van der Waals surface area contributed by atoms with Gasteiger partial charge >= 0.3 is 0 Å². The van der Waals surface area contributed by atoms with Crippen LogP contribution in [0.4, 0.5) is 0 Å². The van der Waals surface area contributed by atoms with Crippen molar-refractivity contribution in [3.8, 4) is 0 Å². The van der Waals surface area contributed by atoms with Gasteiger partial charge in [0.15, 0.2) is 0 Å². The summed E-state index contributed by atoms with van der Waals surface area (Å²) in [6.07, 6.45) is 6.48. The summed E-state index contributed by atoms with van der Waals surface area (Å²) in [6.45, 7) is 2.02. The number of likely N-dealkylation sites (N-methyl/N-ethyl adjacent to an activating group) is 1. The van der Waals surface area contributed by atoms with E-state index >= 15 is 0 Å². The molecule has 0 saturated heterocycles. The van der Waals surface area contributed by atoms with Crippen LogP contribution in [0.2, 0.25) is 0 Å².